The minimum atomic E-state index is -0.975. The van der Waals surface area contributed by atoms with E-state index in [1.807, 2.05) is 0 Å². The first kappa shape index (κ1) is 18.3. The van der Waals surface area contributed by atoms with E-state index in [0.29, 0.717) is 0 Å². The van der Waals surface area contributed by atoms with Crippen LogP contribution in [-0.2, 0) is 14.3 Å². The predicted octanol–water partition coefficient (Wildman–Crippen LogP) is 3.66. The van der Waals surface area contributed by atoms with E-state index in [1.165, 1.54) is 6.08 Å². The fourth-order valence-electron chi connectivity index (χ4n) is 1.04. The Hall–Kier alpha value is -1.72. The first-order valence-electron chi connectivity index (χ1n) is 6.41. The molecule has 0 saturated heterocycles. The van der Waals surface area contributed by atoms with Gasteiger partial charge in [-0.25, -0.2) is 9.59 Å². The summed E-state index contributed by atoms with van der Waals surface area (Å²) in [5.74, 6) is 0. The topological polar surface area (TPSA) is 65.1 Å². The molecule has 0 spiro atoms. The van der Waals surface area contributed by atoms with E-state index < -0.39 is 29.5 Å². The van der Waals surface area contributed by atoms with E-state index in [9.17, 15) is 9.59 Å². The van der Waals surface area contributed by atoms with Gasteiger partial charge in [-0.3, -0.25) is 4.84 Å². The molecule has 20 heavy (non-hydrogen) atoms. The van der Waals surface area contributed by atoms with Crippen molar-refractivity contribution in [2.75, 3.05) is 0 Å². The van der Waals surface area contributed by atoms with Crippen molar-refractivity contribution in [2.45, 2.75) is 65.7 Å². The normalized spacial score (nSPS) is 13.2. The van der Waals surface area contributed by atoms with Crippen molar-refractivity contribution in [1.82, 2.24) is 5.06 Å². The molecule has 6 nitrogen and oxygen atoms in total. The zero-order valence-electron chi connectivity index (χ0n) is 13.4. The van der Waals surface area contributed by atoms with Gasteiger partial charge in [-0.05, 0) is 48.5 Å². The van der Waals surface area contributed by atoms with Gasteiger partial charge >= 0.3 is 12.2 Å². The SMILES string of the molecule is C=C[C@H](C)N(OC(=O)OC(C)(C)C)C(=O)OC(C)(C)C. The van der Waals surface area contributed by atoms with Gasteiger partial charge in [-0.1, -0.05) is 6.08 Å². The summed E-state index contributed by atoms with van der Waals surface area (Å²) in [6.07, 6.45) is -0.304. The van der Waals surface area contributed by atoms with Gasteiger partial charge < -0.3 is 9.47 Å². The van der Waals surface area contributed by atoms with Gasteiger partial charge in [0.15, 0.2) is 0 Å². The van der Waals surface area contributed by atoms with Gasteiger partial charge in [0, 0.05) is 0 Å². The van der Waals surface area contributed by atoms with Gasteiger partial charge in [0.05, 0.1) is 6.04 Å². The Kier molecular flexibility index (Phi) is 6.06. The summed E-state index contributed by atoms with van der Waals surface area (Å²) >= 11 is 0. The molecular weight excluding hydrogens is 262 g/mol. The fourth-order valence-corrected chi connectivity index (χ4v) is 1.04. The molecule has 0 aromatic carbocycles. The Morgan fingerprint density at radius 3 is 1.85 bits per heavy atom. The lowest BCUT2D eigenvalue weighted by Crippen LogP contribution is -2.43. The standard InChI is InChI=1S/C14H25NO5/c1-9-10(2)15(11(16)18-13(3,4)5)20-12(17)19-14(6,7)8/h9-10H,1H2,2-8H3/t10-/m0/s1. The molecule has 0 bridgehead atoms. The summed E-state index contributed by atoms with van der Waals surface area (Å²) in [6, 6.07) is -0.544. The van der Waals surface area contributed by atoms with Crippen molar-refractivity contribution >= 4 is 12.2 Å². The van der Waals surface area contributed by atoms with Crippen LogP contribution in [0.2, 0.25) is 0 Å². The molecule has 0 aliphatic rings. The largest absolute Gasteiger partial charge is 0.534 e. The number of hydroxylamine groups is 2. The number of carbonyl (C=O) groups is 2. The Bertz CT molecular complexity index is 365. The Morgan fingerprint density at radius 1 is 1.05 bits per heavy atom. The highest BCUT2D eigenvalue weighted by atomic mass is 16.8. The lowest BCUT2D eigenvalue weighted by molar-refractivity contribution is -0.145. The second-order valence-corrected chi connectivity index (χ2v) is 6.34. The van der Waals surface area contributed by atoms with Crippen molar-refractivity contribution in [1.29, 1.82) is 0 Å². The van der Waals surface area contributed by atoms with Crippen molar-refractivity contribution in [3.63, 3.8) is 0 Å². The van der Waals surface area contributed by atoms with E-state index in [4.69, 9.17) is 14.3 Å². The molecule has 0 unspecified atom stereocenters. The van der Waals surface area contributed by atoms with Crippen LogP contribution in [0.4, 0.5) is 9.59 Å². The van der Waals surface area contributed by atoms with Crippen molar-refractivity contribution < 1.29 is 23.9 Å². The Morgan fingerprint density at radius 2 is 1.50 bits per heavy atom. The van der Waals surface area contributed by atoms with Crippen LogP contribution in [-0.4, -0.2) is 34.6 Å². The van der Waals surface area contributed by atoms with Crippen molar-refractivity contribution in [3.05, 3.63) is 12.7 Å². The third-order valence-corrected chi connectivity index (χ3v) is 1.85. The molecular formula is C14H25NO5. The van der Waals surface area contributed by atoms with E-state index >= 15 is 0 Å². The van der Waals surface area contributed by atoms with E-state index in [0.717, 1.165) is 5.06 Å². The molecule has 0 saturated carbocycles. The summed E-state index contributed by atoms with van der Waals surface area (Å²) in [7, 11) is 0. The number of rotatable bonds is 2. The summed E-state index contributed by atoms with van der Waals surface area (Å²) in [4.78, 5) is 28.5. The van der Waals surface area contributed by atoms with Gasteiger partial charge in [0.1, 0.15) is 11.2 Å². The third-order valence-electron chi connectivity index (χ3n) is 1.85. The number of nitrogens with zero attached hydrogens (tertiary/aromatic N) is 1. The number of hydrogen-bond acceptors (Lipinski definition) is 5. The summed E-state index contributed by atoms with van der Waals surface area (Å²) < 4.78 is 10.2. The molecule has 1 amide bonds. The number of amides is 1. The van der Waals surface area contributed by atoms with Crippen LogP contribution in [0.15, 0.2) is 12.7 Å². The van der Waals surface area contributed by atoms with Crippen LogP contribution in [0.1, 0.15) is 48.5 Å². The van der Waals surface area contributed by atoms with Crippen molar-refractivity contribution in [3.8, 4) is 0 Å². The molecule has 0 heterocycles. The summed E-state index contributed by atoms with van der Waals surface area (Å²) in [6.45, 7) is 15.4. The van der Waals surface area contributed by atoms with Gasteiger partial charge in [0.2, 0.25) is 0 Å². The smallest absolute Gasteiger partial charge is 0.442 e. The third kappa shape index (κ3) is 7.66. The van der Waals surface area contributed by atoms with Crippen LogP contribution in [0.3, 0.4) is 0 Å². The molecule has 0 rings (SSSR count). The van der Waals surface area contributed by atoms with Crippen LogP contribution >= 0.6 is 0 Å². The lowest BCUT2D eigenvalue weighted by atomic mass is 10.2. The Balaban J connectivity index is 4.87. The second kappa shape index (κ2) is 6.63. The Labute approximate surface area is 120 Å². The molecule has 0 aliphatic carbocycles. The average molecular weight is 287 g/mol. The highest BCUT2D eigenvalue weighted by Gasteiger charge is 2.30. The molecule has 6 heteroatoms. The monoisotopic (exact) mass is 287 g/mol. The molecule has 0 radical (unpaired) electrons. The fraction of sp³-hybridized carbons (Fsp3) is 0.714. The van der Waals surface area contributed by atoms with Crippen molar-refractivity contribution in [2.24, 2.45) is 0 Å². The van der Waals surface area contributed by atoms with E-state index in [-0.39, 0.29) is 0 Å². The quantitative estimate of drug-likeness (QED) is 0.440. The number of carbonyl (C=O) groups excluding carboxylic acids is 2. The van der Waals surface area contributed by atoms with E-state index in [1.54, 1.807) is 48.5 Å². The number of ether oxygens (including phenoxy) is 2. The summed E-state index contributed by atoms with van der Waals surface area (Å²) in [5.41, 5.74) is -1.42. The van der Waals surface area contributed by atoms with Crippen LogP contribution in [0.25, 0.3) is 0 Å². The highest BCUT2D eigenvalue weighted by molar-refractivity contribution is 5.70. The maximum atomic E-state index is 12.0. The van der Waals surface area contributed by atoms with Crippen LogP contribution < -0.4 is 0 Å². The molecule has 0 aromatic rings. The molecule has 116 valence electrons. The maximum absolute atomic E-state index is 12.0. The van der Waals surface area contributed by atoms with Crippen LogP contribution in [0.5, 0.6) is 0 Å². The minimum Gasteiger partial charge on any atom is -0.442 e. The maximum Gasteiger partial charge on any atom is 0.534 e. The number of hydrogen-bond donors (Lipinski definition) is 0. The highest BCUT2D eigenvalue weighted by Crippen LogP contribution is 2.15. The van der Waals surface area contributed by atoms with Gasteiger partial charge in [0.25, 0.3) is 0 Å². The van der Waals surface area contributed by atoms with Gasteiger partial charge in [-0.15, -0.1) is 11.6 Å². The molecule has 0 aromatic heterocycles. The average Bonchev–Trinajstić information content (AvgIpc) is 2.19. The molecule has 1 atom stereocenters. The minimum absolute atomic E-state index is 0.544. The first-order chi connectivity index (χ1) is 8.85. The summed E-state index contributed by atoms with van der Waals surface area (Å²) in [5, 5.41) is 0.798. The zero-order valence-corrected chi connectivity index (χ0v) is 13.4. The first-order valence-corrected chi connectivity index (χ1v) is 6.41. The lowest BCUT2D eigenvalue weighted by Gasteiger charge is -2.29. The molecule has 0 aliphatic heterocycles. The zero-order chi connectivity index (χ0) is 16.1. The van der Waals surface area contributed by atoms with Crippen LogP contribution in [0, 0.1) is 0 Å². The molecule has 0 fully saturated rings. The van der Waals surface area contributed by atoms with E-state index in [2.05, 4.69) is 6.58 Å². The predicted molar refractivity (Wildman–Crippen MR) is 75.1 cm³/mol. The molecule has 0 N–H and O–H groups in total. The second-order valence-electron chi connectivity index (χ2n) is 6.34. The van der Waals surface area contributed by atoms with Gasteiger partial charge in [-0.2, -0.15) is 0 Å².